The first-order chi connectivity index (χ1) is 7.20. The van der Waals surface area contributed by atoms with Crippen LogP contribution < -0.4 is 0 Å². The van der Waals surface area contributed by atoms with Crippen LogP contribution in [0.4, 0.5) is 0 Å². The van der Waals surface area contributed by atoms with Gasteiger partial charge < -0.3 is 4.74 Å². The van der Waals surface area contributed by atoms with Crippen LogP contribution >= 0.6 is 0 Å². The Hall–Kier alpha value is -0.457. The second-order valence-corrected chi connectivity index (χ2v) is 3.21. The van der Waals surface area contributed by atoms with Gasteiger partial charge in [-0.2, -0.15) is 35.4 Å². The molecule has 0 N–H and O–H groups in total. The zero-order valence-electron chi connectivity index (χ0n) is 10.2. The molecule has 1 radical (unpaired) electrons. The van der Waals surface area contributed by atoms with Crippen molar-refractivity contribution in [3.63, 3.8) is 0 Å². The Morgan fingerprint density at radius 3 is 1.06 bits per heavy atom. The molecule has 0 unspecified atom stereocenters. The fraction of sp³-hybridized carbons (Fsp3) is 0.214. The van der Waals surface area contributed by atoms with Gasteiger partial charge in [-0.05, 0) is 7.11 Å². The number of ether oxygens (including phenoxy) is 1. The van der Waals surface area contributed by atoms with E-state index < -0.39 is 0 Å². The van der Waals surface area contributed by atoms with Gasteiger partial charge in [-0.25, -0.2) is 31.4 Å². The maximum atomic E-state index is 4.00. The molecule has 0 saturated heterocycles. The summed E-state index contributed by atoms with van der Waals surface area (Å²) >= 11 is 0. The van der Waals surface area contributed by atoms with Crippen LogP contribution in [-0.2, 0) is 30.9 Å². The molecule has 2 heteroatoms. The Kier molecular flexibility index (Phi) is 14.1. The smallest absolute Gasteiger partial charge is 0.557 e. The van der Waals surface area contributed by atoms with Gasteiger partial charge in [-0.15, -0.1) is 0 Å². The molecule has 0 aliphatic carbocycles. The molecule has 0 aliphatic heterocycles. The summed E-state index contributed by atoms with van der Waals surface area (Å²) in [6, 6.07) is 16.5. The van der Waals surface area contributed by atoms with E-state index in [1.54, 1.807) is 0 Å². The molecule has 85 valence electrons. The zero-order valence-corrected chi connectivity index (χ0v) is 12.7. The average Bonchev–Trinajstić information content (AvgIpc) is 2.81. The van der Waals surface area contributed by atoms with Crippen LogP contribution in [0.25, 0.3) is 0 Å². The van der Waals surface area contributed by atoms with Gasteiger partial charge in [0, 0.05) is 0 Å². The normalized spacial score (nSPS) is 7.75. The second-order valence-electron chi connectivity index (χ2n) is 3.21. The number of methoxy groups -OCH3 is 1. The fourth-order valence-electron chi connectivity index (χ4n) is 0.940. The summed E-state index contributed by atoms with van der Waals surface area (Å²) in [6.07, 6.45) is 0. The van der Waals surface area contributed by atoms with Crippen LogP contribution in [0.3, 0.4) is 0 Å². The summed E-state index contributed by atoms with van der Waals surface area (Å²) in [7, 11) is 4.50. The number of hydrogen-bond donors (Lipinski definition) is 0. The molecule has 0 saturated carbocycles. The molecule has 2 aromatic rings. The summed E-state index contributed by atoms with van der Waals surface area (Å²) in [5.74, 6) is 0. The summed E-state index contributed by atoms with van der Waals surface area (Å²) in [5.41, 5.74) is 2.69. The molecule has 2 rings (SSSR count). The molecule has 0 atom stereocenters. The Morgan fingerprint density at radius 2 is 1.00 bits per heavy atom. The van der Waals surface area contributed by atoms with Crippen molar-refractivity contribution in [3.05, 3.63) is 66.8 Å². The van der Waals surface area contributed by atoms with Gasteiger partial charge in [0.1, 0.15) is 0 Å². The Balaban J connectivity index is 0. The van der Waals surface area contributed by atoms with E-state index in [0.29, 0.717) is 0 Å². The summed E-state index contributed by atoms with van der Waals surface area (Å²) in [4.78, 5) is 0. The first kappa shape index (κ1) is 17.9. The Bertz CT molecular complexity index is 263. The third kappa shape index (κ3) is 11.6. The van der Waals surface area contributed by atoms with Crippen molar-refractivity contribution in [2.45, 2.75) is 13.8 Å². The Morgan fingerprint density at radius 1 is 0.812 bits per heavy atom. The molecule has 0 heterocycles. The number of rotatable bonds is 0. The molecular weight excluding hydrogens is 275 g/mol. The molecule has 0 bridgehead atoms. The van der Waals surface area contributed by atoms with Crippen molar-refractivity contribution in [3.8, 4) is 0 Å². The fourth-order valence-corrected chi connectivity index (χ4v) is 0.940. The van der Waals surface area contributed by atoms with Crippen molar-refractivity contribution < 1.29 is 30.9 Å². The molecule has 0 aromatic heterocycles. The predicted molar refractivity (Wildman–Crippen MR) is 65.9 cm³/mol. The van der Waals surface area contributed by atoms with E-state index in [9.17, 15) is 0 Å². The van der Waals surface area contributed by atoms with Crippen LogP contribution in [0.2, 0.25) is 0 Å². The SMILES string of the molecule is C[c-]1cccc1.C[c-]1cccc1.[CH2-]OC.[Zr+3]. The van der Waals surface area contributed by atoms with Crippen LogP contribution in [0, 0.1) is 21.0 Å². The Labute approximate surface area is 118 Å². The second kappa shape index (κ2) is 12.6. The van der Waals surface area contributed by atoms with Gasteiger partial charge in [-0.1, -0.05) is 13.8 Å². The molecular formula is C14H19OZr. The molecule has 2 aromatic carbocycles. The topological polar surface area (TPSA) is 9.23 Å². The van der Waals surface area contributed by atoms with Gasteiger partial charge in [0.25, 0.3) is 0 Å². The first-order valence-electron chi connectivity index (χ1n) is 4.85. The van der Waals surface area contributed by atoms with Crippen LogP contribution in [0.1, 0.15) is 11.1 Å². The molecule has 16 heavy (non-hydrogen) atoms. The molecule has 0 aliphatic rings. The molecule has 0 spiro atoms. The van der Waals surface area contributed by atoms with Crippen molar-refractivity contribution >= 4 is 0 Å². The third-order valence-corrected chi connectivity index (χ3v) is 1.66. The van der Waals surface area contributed by atoms with E-state index in [-0.39, 0.29) is 26.2 Å². The standard InChI is InChI=1S/2C6H7.C2H5O.Zr/c2*1-6-4-2-3-5-6;1-3-2;/h2*2-5H,1H3;1H2,2H3;/q3*-1;+3. The molecule has 0 amide bonds. The van der Waals surface area contributed by atoms with E-state index in [1.165, 1.54) is 18.2 Å². The molecule has 1 nitrogen and oxygen atoms in total. The largest absolute Gasteiger partial charge is 3.00 e. The van der Waals surface area contributed by atoms with Crippen molar-refractivity contribution in [1.29, 1.82) is 0 Å². The zero-order chi connectivity index (χ0) is 11.5. The minimum absolute atomic E-state index is 0. The minimum atomic E-state index is 0. The van der Waals surface area contributed by atoms with E-state index in [0.717, 1.165) is 0 Å². The van der Waals surface area contributed by atoms with Crippen LogP contribution in [0.5, 0.6) is 0 Å². The van der Waals surface area contributed by atoms with Crippen molar-refractivity contribution in [2.75, 3.05) is 7.11 Å². The maximum absolute atomic E-state index is 4.00. The maximum Gasteiger partial charge on any atom is 3.00 e. The number of aryl methyl sites for hydroxylation is 2. The van der Waals surface area contributed by atoms with Gasteiger partial charge >= 0.3 is 26.2 Å². The summed E-state index contributed by atoms with van der Waals surface area (Å²) < 4.78 is 4.00. The summed E-state index contributed by atoms with van der Waals surface area (Å²) in [6.45, 7) is 4.17. The van der Waals surface area contributed by atoms with Crippen LogP contribution in [-0.4, -0.2) is 7.11 Å². The van der Waals surface area contributed by atoms with E-state index in [1.807, 2.05) is 24.3 Å². The minimum Gasteiger partial charge on any atom is -0.557 e. The summed E-state index contributed by atoms with van der Waals surface area (Å²) in [5, 5.41) is 0. The van der Waals surface area contributed by atoms with Crippen molar-refractivity contribution in [1.82, 2.24) is 0 Å². The van der Waals surface area contributed by atoms with Gasteiger partial charge in [0.15, 0.2) is 0 Å². The van der Waals surface area contributed by atoms with E-state index in [4.69, 9.17) is 0 Å². The van der Waals surface area contributed by atoms with Gasteiger partial charge in [-0.3, -0.25) is 0 Å². The van der Waals surface area contributed by atoms with Gasteiger partial charge in [0.05, 0.1) is 0 Å². The molecule has 0 fully saturated rings. The predicted octanol–water partition coefficient (Wildman–Crippen LogP) is 3.85. The van der Waals surface area contributed by atoms with E-state index >= 15 is 0 Å². The van der Waals surface area contributed by atoms with Gasteiger partial charge in [0.2, 0.25) is 0 Å². The average molecular weight is 295 g/mol. The van der Waals surface area contributed by atoms with E-state index in [2.05, 4.69) is 50.0 Å². The van der Waals surface area contributed by atoms with Crippen LogP contribution in [0.15, 0.2) is 48.5 Å². The first-order valence-corrected chi connectivity index (χ1v) is 4.85. The quantitative estimate of drug-likeness (QED) is 0.671. The monoisotopic (exact) mass is 293 g/mol. The third-order valence-electron chi connectivity index (χ3n) is 1.66. The van der Waals surface area contributed by atoms with Crippen molar-refractivity contribution in [2.24, 2.45) is 0 Å². The number of hydrogen-bond acceptors (Lipinski definition) is 1.